The summed E-state index contributed by atoms with van der Waals surface area (Å²) in [5, 5.41) is 3.23. The fourth-order valence-electron chi connectivity index (χ4n) is 4.07. The van der Waals surface area contributed by atoms with Gasteiger partial charge in [0, 0.05) is 64.1 Å². The lowest BCUT2D eigenvalue weighted by Crippen LogP contribution is -2.51. The lowest BCUT2D eigenvalue weighted by Gasteiger charge is -2.37. The molecule has 3 aliphatic heterocycles. The van der Waals surface area contributed by atoms with Crippen molar-refractivity contribution in [1.82, 2.24) is 25.1 Å². The molecule has 0 unspecified atom stereocenters. The quantitative estimate of drug-likeness (QED) is 0.824. The van der Waals surface area contributed by atoms with Gasteiger partial charge in [-0.25, -0.2) is 18.7 Å². The Kier molecular flexibility index (Phi) is 4.74. The molecule has 4 rings (SSSR count). The molecule has 7 nitrogen and oxygen atoms in total. The molecular formula is C17H24F2N6O. The molecule has 3 aliphatic rings. The van der Waals surface area contributed by atoms with Crippen LogP contribution in [0, 0.1) is 0 Å². The molecule has 1 aromatic heterocycles. The van der Waals surface area contributed by atoms with Crippen LogP contribution in [-0.4, -0.2) is 89.5 Å². The third-order valence-electron chi connectivity index (χ3n) is 5.55. The largest absolute Gasteiger partial charge is 0.338 e. The van der Waals surface area contributed by atoms with Crippen molar-refractivity contribution in [3.8, 4) is 0 Å². The van der Waals surface area contributed by atoms with Crippen molar-refractivity contribution in [2.45, 2.75) is 30.8 Å². The number of alkyl halides is 2. The number of aromatic nitrogens is 2. The first-order chi connectivity index (χ1) is 12.5. The highest BCUT2D eigenvalue weighted by atomic mass is 19.3. The van der Waals surface area contributed by atoms with E-state index < -0.39 is 12.5 Å². The van der Waals surface area contributed by atoms with E-state index in [0.29, 0.717) is 6.42 Å². The zero-order chi connectivity index (χ0) is 18.1. The molecular weight excluding hydrogens is 342 g/mol. The number of hydrogen-bond donors (Lipinski definition) is 1. The van der Waals surface area contributed by atoms with Gasteiger partial charge in [0.2, 0.25) is 11.9 Å². The van der Waals surface area contributed by atoms with E-state index in [0.717, 1.165) is 38.7 Å². The molecule has 0 aliphatic carbocycles. The van der Waals surface area contributed by atoms with Crippen LogP contribution in [0.2, 0.25) is 0 Å². The SMILES string of the molecule is O=C([C@@H]1C[C@@H](N2CCN(c3ncccn3)CC2)CN1)N1CCC(F)(F)C1. The second-order valence-corrected chi connectivity index (χ2v) is 7.29. The molecule has 1 amide bonds. The molecule has 0 bridgehead atoms. The Balaban J connectivity index is 1.28. The Morgan fingerprint density at radius 1 is 1.15 bits per heavy atom. The Morgan fingerprint density at radius 3 is 2.54 bits per heavy atom. The average molecular weight is 366 g/mol. The highest BCUT2D eigenvalue weighted by molar-refractivity contribution is 5.82. The van der Waals surface area contributed by atoms with Crippen LogP contribution in [-0.2, 0) is 4.79 Å². The summed E-state index contributed by atoms with van der Waals surface area (Å²) >= 11 is 0. The topological polar surface area (TPSA) is 64.6 Å². The van der Waals surface area contributed by atoms with E-state index in [-0.39, 0.29) is 31.0 Å². The number of nitrogens with zero attached hydrogens (tertiary/aromatic N) is 5. The number of likely N-dealkylation sites (tertiary alicyclic amines) is 1. The molecule has 1 aromatic rings. The van der Waals surface area contributed by atoms with Crippen molar-refractivity contribution >= 4 is 11.9 Å². The van der Waals surface area contributed by atoms with Gasteiger partial charge < -0.3 is 15.1 Å². The van der Waals surface area contributed by atoms with Crippen molar-refractivity contribution in [1.29, 1.82) is 0 Å². The predicted molar refractivity (Wildman–Crippen MR) is 92.2 cm³/mol. The van der Waals surface area contributed by atoms with Crippen LogP contribution in [0.15, 0.2) is 18.5 Å². The van der Waals surface area contributed by atoms with Crippen LogP contribution in [0.5, 0.6) is 0 Å². The highest BCUT2D eigenvalue weighted by Gasteiger charge is 2.43. The summed E-state index contributed by atoms with van der Waals surface area (Å²) < 4.78 is 26.7. The molecule has 142 valence electrons. The van der Waals surface area contributed by atoms with Crippen molar-refractivity contribution < 1.29 is 13.6 Å². The van der Waals surface area contributed by atoms with Crippen LogP contribution in [0.3, 0.4) is 0 Å². The Labute approximate surface area is 151 Å². The van der Waals surface area contributed by atoms with Crippen molar-refractivity contribution in [3.63, 3.8) is 0 Å². The zero-order valence-corrected chi connectivity index (χ0v) is 14.7. The van der Waals surface area contributed by atoms with E-state index in [2.05, 4.69) is 25.1 Å². The number of carbonyl (C=O) groups excluding carboxylic acids is 1. The number of amides is 1. The number of hydrogen-bond acceptors (Lipinski definition) is 6. The molecule has 26 heavy (non-hydrogen) atoms. The van der Waals surface area contributed by atoms with Gasteiger partial charge in [-0.05, 0) is 12.5 Å². The molecule has 0 spiro atoms. The van der Waals surface area contributed by atoms with E-state index in [1.807, 2.05) is 0 Å². The second-order valence-electron chi connectivity index (χ2n) is 7.29. The van der Waals surface area contributed by atoms with Crippen molar-refractivity contribution in [2.24, 2.45) is 0 Å². The lowest BCUT2D eigenvalue weighted by atomic mass is 10.1. The fourth-order valence-corrected chi connectivity index (χ4v) is 4.07. The van der Waals surface area contributed by atoms with Crippen LogP contribution in [0.1, 0.15) is 12.8 Å². The van der Waals surface area contributed by atoms with Gasteiger partial charge in [-0.15, -0.1) is 0 Å². The summed E-state index contributed by atoms with van der Waals surface area (Å²) in [6.07, 6.45) is 3.95. The standard InChI is InChI=1S/C17H24F2N6O/c18-17(19)2-5-25(12-17)15(26)14-10-13(11-22-14)23-6-8-24(9-7-23)16-20-3-1-4-21-16/h1,3-4,13-14,22H,2,5-12H2/t13-,14+/m1/s1. The van der Waals surface area contributed by atoms with Crippen molar-refractivity contribution in [3.05, 3.63) is 18.5 Å². The van der Waals surface area contributed by atoms with E-state index in [4.69, 9.17) is 0 Å². The monoisotopic (exact) mass is 366 g/mol. The average Bonchev–Trinajstić information content (AvgIpc) is 3.29. The number of piperazine rings is 1. The Morgan fingerprint density at radius 2 is 1.88 bits per heavy atom. The van der Waals surface area contributed by atoms with E-state index >= 15 is 0 Å². The number of rotatable bonds is 3. The Hall–Kier alpha value is -1.87. The van der Waals surface area contributed by atoms with Gasteiger partial charge in [0.25, 0.3) is 5.92 Å². The maximum atomic E-state index is 13.3. The highest BCUT2D eigenvalue weighted by Crippen LogP contribution is 2.28. The minimum absolute atomic E-state index is 0.157. The summed E-state index contributed by atoms with van der Waals surface area (Å²) in [6.45, 7) is 3.90. The van der Waals surface area contributed by atoms with E-state index in [1.165, 1.54) is 4.90 Å². The van der Waals surface area contributed by atoms with Crippen LogP contribution >= 0.6 is 0 Å². The Bertz CT molecular complexity index is 637. The molecule has 9 heteroatoms. The van der Waals surface area contributed by atoms with Gasteiger partial charge in [-0.1, -0.05) is 0 Å². The van der Waals surface area contributed by atoms with Crippen LogP contribution in [0.4, 0.5) is 14.7 Å². The molecule has 3 fully saturated rings. The second kappa shape index (κ2) is 7.03. The first kappa shape index (κ1) is 17.5. The summed E-state index contributed by atoms with van der Waals surface area (Å²) in [5.41, 5.74) is 0. The molecule has 3 saturated heterocycles. The smallest absolute Gasteiger partial charge is 0.267 e. The molecule has 0 aromatic carbocycles. The number of nitrogens with one attached hydrogen (secondary N) is 1. The first-order valence-electron chi connectivity index (χ1n) is 9.18. The summed E-state index contributed by atoms with van der Waals surface area (Å²) in [7, 11) is 0. The molecule has 4 heterocycles. The predicted octanol–water partition coefficient (Wildman–Crippen LogP) is 0.197. The minimum Gasteiger partial charge on any atom is -0.338 e. The van der Waals surface area contributed by atoms with Crippen LogP contribution in [0.25, 0.3) is 0 Å². The van der Waals surface area contributed by atoms with Gasteiger partial charge in [0.15, 0.2) is 0 Å². The number of anilines is 1. The van der Waals surface area contributed by atoms with E-state index in [1.54, 1.807) is 18.5 Å². The lowest BCUT2D eigenvalue weighted by molar-refractivity contribution is -0.133. The maximum Gasteiger partial charge on any atom is 0.267 e. The van der Waals surface area contributed by atoms with Gasteiger partial charge in [-0.3, -0.25) is 9.69 Å². The minimum atomic E-state index is -2.73. The maximum absolute atomic E-state index is 13.3. The number of halogens is 2. The summed E-state index contributed by atoms with van der Waals surface area (Å²) in [5.74, 6) is -2.16. The van der Waals surface area contributed by atoms with Gasteiger partial charge in [0.1, 0.15) is 0 Å². The molecule has 1 N–H and O–H groups in total. The normalized spacial score (nSPS) is 29.3. The van der Waals surface area contributed by atoms with Crippen molar-refractivity contribution in [2.75, 3.05) is 50.7 Å². The first-order valence-corrected chi connectivity index (χ1v) is 9.18. The third kappa shape index (κ3) is 3.64. The van der Waals surface area contributed by atoms with Gasteiger partial charge >= 0.3 is 0 Å². The molecule has 0 saturated carbocycles. The molecule has 2 atom stereocenters. The number of carbonyl (C=O) groups is 1. The molecule has 0 radical (unpaired) electrons. The zero-order valence-electron chi connectivity index (χ0n) is 14.7. The van der Waals surface area contributed by atoms with E-state index in [9.17, 15) is 13.6 Å². The van der Waals surface area contributed by atoms with Crippen LogP contribution < -0.4 is 10.2 Å². The van der Waals surface area contributed by atoms with Gasteiger partial charge in [0.05, 0.1) is 12.6 Å². The van der Waals surface area contributed by atoms with Gasteiger partial charge in [-0.2, -0.15) is 0 Å². The summed E-state index contributed by atoms with van der Waals surface area (Å²) in [6, 6.07) is 1.73. The fraction of sp³-hybridized carbons (Fsp3) is 0.706. The third-order valence-corrected chi connectivity index (χ3v) is 5.55. The summed E-state index contributed by atoms with van der Waals surface area (Å²) in [4.78, 5) is 26.9.